The molecule has 0 aliphatic heterocycles. The third-order valence-corrected chi connectivity index (χ3v) is 5.14. The number of halogens is 1. The quantitative estimate of drug-likeness (QED) is 0.862. The van der Waals surface area contributed by atoms with Gasteiger partial charge in [-0.05, 0) is 47.2 Å². The van der Waals surface area contributed by atoms with Crippen molar-refractivity contribution in [2.75, 3.05) is 0 Å². The lowest BCUT2D eigenvalue weighted by atomic mass is 10.1. The van der Waals surface area contributed by atoms with Crippen LogP contribution >= 0.6 is 15.9 Å². The standard InChI is InChI=1S/C17H21BrN2O/c18-15-16(14-10-4-5-11-14)19-20(17(15)21)12-6-9-13-7-2-1-3-8-13/h1-3,7-8,14,19H,4-6,9-12H2. The lowest BCUT2D eigenvalue weighted by Crippen LogP contribution is -2.17. The second-order valence-electron chi connectivity index (χ2n) is 5.87. The Kier molecular flexibility index (Phi) is 4.63. The van der Waals surface area contributed by atoms with E-state index in [-0.39, 0.29) is 5.56 Å². The van der Waals surface area contributed by atoms with Crippen LogP contribution in [0.5, 0.6) is 0 Å². The minimum Gasteiger partial charge on any atom is -0.298 e. The third-order valence-electron chi connectivity index (χ3n) is 4.38. The molecule has 1 aromatic carbocycles. The van der Waals surface area contributed by atoms with E-state index in [1.165, 1.54) is 31.2 Å². The van der Waals surface area contributed by atoms with Crippen molar-refractivity contribution in [3.8, 4) is 0 Å². The highest BCUT2D eigenvalue weighted by Crippen LogP contribution is 2.35. The molecule has 0 amide bonds. The minimum absolute atomic E-state index is 0.0879. The molecule has 0 atom stereocenters. The van der Waals surface area contributed by atoms with Gasteiger partial charge in [-0.3, -0.25) is 14.6 Å². The van der Waals surface area contributed by atoms with Crippen LogP contribution in [0.15, 0.2) is 39.6 Å². The van der Waals surface area contributed by atoms with Crippen molar-refractivity contribution in [3.63, 3.8) is 0 Å². The van der Waals surface area contributed by atoms with E-state index >= 15 is 0 Å². The first-order valence-corrected chi connectivity index (χ1v) is 8.57. The molecule has 1 saturated carbocycles. The van der Waals surface area contributed by atoms with Gasteiger partial charge in [-0.25, -0.2) is 0 Å². The number of aromatic nitrogens is 2. The molecule has 1 aliphatic carbocycles. The van der Waals surface area contributed by atoms with Crippen molar-refractivity contribution in [3.05, 3.63) is 56.4 Å². The van der Waals surface area contributed by atoms with Crippen LogP contribution in [0.4, 0.5) is 0 Å². The van der Waals surface area contributed by atoms with Crippen LogP contribution < -0.4 is 5.56 Å². The second kappa shape index (κ2) is 6.65. The number of rotatable bonds is 5. The van der Waals surface area contributed by atoms with Crippen LogP contribution in [0.3, 0.4) is 0 Å². The van der Waals surface area contributed by atoms with Gasteiger partial charge in [0.2, 0.25) is 0 Å². The summed E-state index contributed by atoms with van der Waals surface area (Å²) >= 11 is 3.48. The van der Waals surface area contributed by atoms with Crippen LogP contribution in [0.25, 0.3) is 0 Å². The lowest BCUT2D eigenvalue weighted by molar-refractivity contribution is 0.547. The smallest absolute Gasteiger partial charge is 0.281 e. The zero-order valence-electron chi connectivity index (χ0n) is 12.1. The highest BCUT2D eigenvalue weighted by atomic mass is 79.9. The number of aromatic amines is 1. The average molecular weight is 349 g/mol. The minimum atomic E-state index is 0.0879. The Morgan fingerprint density at radius 1 is 1.19 bits per heavy atom. The molecule has 21 heavy (non-hydrogen) atoms. The van der Waals surface area contributed by atoms with E-state index in [0.717, 1.165) is 29.6 Å². The highest BCUT2D eigenvalue weighted by Gasteiger charge is 2.23. The van der Waals surface area contributed by atoms with Gasteiger partial charge in [0.25, 0.3) is 5.56 Å². The van der Waals surface area contributed by atoms with Gasteiger partial charge in [-0.15, -0.1) is 0 Å². The molecule has 0 bridgehead atoms. The number of hydrogen-bond donors (Lipinski definition) is 1. The van der Waals surface area contributed by atoms with E-state index in [1.807, 2.05) is 6.07 Å². The summed E-state index contributed by atoms with van der Waals surface area (Å²) in [5.41, 5.74) is 2.52. The molecule has 3 nitrogen and oxygen atoms in total. The maximum atomic E-state index is 12.3. The van der Waals surface area contributed by atoms with Crippen LogP contribution in [0.1, 0.15) is 49.3 Å². The molecule has 0 spiro atoms. The molecular formula is C17H21BrN2O. The molecule has 1 fully saturated rings. The van der Waals surface area contributed by atoms with Crippen molar-refractivity contribution in [1.29, 1.82) is 0 Å². The van der Waals surface area contributed by atoms with Gasteiger partial charge in [-0.2, -0.15) is 0 Å². The summed E-state index contributed by atoms with van der Waals surface area (Å²) in [4.78, 5) is 12.3. The van der Waals surface area contributed by atoms with E-state index < -0.39 is 0 Å². The summed E-state index contributed by atoms with van der Waals surface area (Å²) in [5.74, 6) is 0.530. The Labute approximate surface area is 133 Å². The molecule has 1 aromatic heterocycles. The molecule has 0 radical (unpaired) electrons. The molecule has 1 N–H and O–H groups in total. The topological polar surface area (TPSA) is 37.8 Å². The fourth-order valence-corrected chi connectivity index (χ4v) is 3.83. The SMILES string of the molecule is O=c1c(Br)c(C2CCCC2)[nH]n1CCCc1ccccc1. The first kappa shape index (κ1) is 14.6. The Hall–Kier alpha value is -1.29. The van der Waals surface area contributed by atoms with Crippen molar-refractivity contribution in [2.24, 2.45) is 0 Å². The lowest BCUT2D eigenvalue weighted by Gasteiger charge is -2.07. The van der Waals surface area contributed by atoms with Crippen LogP contribution in [0.2, 0.25) is 0 Å². The zero-order chi connectivity index (χ0) is 14.7. The number of benzene rings is 1. The van der Waals surface area contributed by atoms with Crippen molar-refractivity contribution in [2.45, 2.75) is 51.0 Å². The van der Waals surface area contributed by atoms with Gasteiger partial charge < -0.3 is 0 Å². The largest absolute Gasteiger partial charge is 0.298 e. The molecule has 1 aliphatic rings. The summed E-state index contributed by atoms with van der Waals surface area (Å²) in [6.45, 7) is 0.749. The monoisotopic (exact) mass is 348 g/mol. The molecule has 0 unspecified atom stereocenters. The van der Waals surface area contributed by atoms with Gasteiger partial charge >= 0.3 is 0 Å². The summed E-state index contributed by atoms with van der Waals surface area (Å²) in [5, 5.41) is 3.34. The Morgan fingerprint density at radius 2 is 1.90 bits per heavy atom. The van der Waals surface area contributed by atoms with E-state index in [9.17, 15) is 4.79 Å². The molecule has 2 aromatic rings. The van der Waals surface area contributed by atoms with Gasteiger partial charge in [0, 0.05) is 12.5 Å². The first-order chi connectivity index (χ1) is 10.3. The first-order valence-electron chi connectivity index (χ1n) is 7.78. The number of H-pyrrole nitrogens is 1. The number of nitrogens with one attached hydrogen (secondary N) is 1. The molecule has 0 saturated heterocycles. The average Bonchev–Trinajstić information content (AvgIpc) is 3.12. The molecule has 112 valence electrons. The van der Waals surface area contributed by atoms with Crippen molar-refractivity contribution < 1.29 is 0 Å². The second-order valence-corrected chi connectivity index (χ2v) is 6.66. The van der Waals surface area contributed by atoms with Crippen LogP contribution in [-0.2, 0) is 13.0 Å². The zero-order valence-corrected chi connectivity index (χ0v) is 13.7. The van der Waals surface area contributed by atoms with E-state index in [2.05, 4.69) is 45.3 Å². The Morgan fingerprint density at radius 3 is 2.62 bits per heavy atom. The molecule has 4 heteroatoms. The Bertz CT molecular complexity index is 639. The molecule has 1 heterocycles. The van der Waals surface area contributed by atoms with E-state index in [1.54, 1.807) is 4.68 Å². The van der Waals surface area contributed by atoms with Crippen molar-refractivity contribution >= 4 is 15.9 Å². The fourth-order valence-electron chi connectivity index (χ4n) is 3.21. The maximum absolute atomic E-state index is 12.3. The van der Waals surface area contributed by atoms with Gasteiger partial charge in [-0.1, -0.05) is 43.2 Å². The summed E-state index contributed by atoms with van der Waals surface area (Å²) in [6.07, 6.45) is 6.92. The van der Waals surface area contributed by atoms with Gasteiger partial charge in [0.05, 0.1) is 5.69 Å². The summed E-state index contributed by atoms with van der Waals surface area (Å²) < 4.78 is 2.51. The predicted molar refractivity (Wildman–Crippen MR) is 88.7 cm³/mol. The fraction of sp³-hybridized carbons (Fsp3) is 0.471. The third kappa shape index (κ3) is 3.31. The predicted octanol–water partition coefficient (Wildman–Crippen LogP) is 4.23. The summed E-state index contributed by atoms with van der Waals surface area (Å²) in [6, 6.07) is 10.4. The van der Waals surface area contributed by atoms with Crippen LogP contribution in [-0.4, -0.2) is 9.78 Å². The van der Waals surface area contributed by atoms with Crippen molar-refractivity contribution in [1.82, 2.24) is 9.78 Å². The number of aryl methyl sites for hydroxylation is 2. The maximum Gasteiger partial charge on any atom is 0.281 e. The Balaban J connectivity index is 1.65. The van der Waals surface area contributed by atoms with E-state index in [0.29, 0.717) is 5.92 Å². The van der Waals surface area contributed by atoms with E-state index in [4.69, 9.17) is 0 Å². The van der Waals surface area contributed by atoms with Gasteiger partial charge in [0.1, 0.15) is 4.47 Å². The number of hydrogen-bond acceptors (Lipinski definition) is 1. The van der Waals surface area contributed by atoms with Crippen LogP contribution in [0, 0.1) is 0 Å². The normalized spacial score (nSPS) is 15.7. The summed E-state index contributed by atoms with van der Waals surface area (Å²) in [7, 11) is 0. The molecular weight excluding hydrogens is 328 g/mol. The number of nitrogens with zero attached hydrogens (tertiary/aromatic N) is 1. The highest BCUT2D eigenvalue weighted by molar-refractivity contribution is 9.10. The molecule has 3 rings (SSSR count). The van der Waals surface area contributed by atoms with Gasteiger partial charge in [0.15, 0.2) is 0 Å².